The van der Waals surface area contributed by atoms with Crippen molar-refractivity contribution in [1.29, 1.82) is 0 Å². The minimum atomic E-state index is -0.456. The normalized spacial score (nSPS) is 11.0. The van der Waals surface area contributed by atoms with E-state index < -0.39 is 11.8 Å². The molecule has 7 nitrogen and oxygen atoms in total. The van der Waals surface area contributed by atoms with Crippen LogP contribution in [0.1, 0.15) is 50.5 Å². The number of amides is 2. The molecule has 2 aromatic rings. The summed E-state index contributed by atoms with van der Waals surface area (Å²) in [5, 5.41) is 2.47. The number of hydrogen-bond acceptors (Lipinski definition) is 5. The minimum Gasteiger partial charge on any atom is -0.493 e. The molecule has 0 aliphatic carbocycles. The van der Waals surface area contributed by atoms with Crippen molar-refractivity contribution in [3.63, 3.8) is 0 Å². The number of nitrogens with one attached hydrogen (secondary N) is 3. The number of benzene rings is 2. The van der Waals surface area contributed by atoms with Crippen molar-refractivity contribution in [1.82, 2.24) is 16.2 Å². The van der Waals surface area contributed by atoms with Gasteiger partial charge in [-0.2, -0.15) is 0 Å². The molecule has 0 aliphatic heterocycles. The Labute approximate surface area is 208 Å². The zero-order chi connectivity index (χ0) is 24.6. The van der Waals surface area contributed by atoms with Crippen LogP contribution in [0.2, 0.25) is 0 Å². The molecule has 33 heavy (non-hydrogen) atoms. The number of carbonyl (C=O) groups is 2. The minimum absolute atomic E-state index is 0.00486. The molecule has 0 spiro atoms. The van der Waals surface area contributed by atoms with E-state index in [1.807, 2.05) is 32.0 Å². The van der Waals surface area contributed by atoms with Gasteiger partial charge in [-0.1, -0.05) is 46.8 Å². The molecule has 0 bridgehead atoms. The lowest BCUT2D eigenvalue weighted by Gasteiger charge is -2.20. The van der Waals surface area contributed by atoms with Gasteiger partial charge < -0.3 is 9.47 Å². The molecule has 9 heteroatoms. The van der Waals surface area contributed by atoms with Crippen LogP contribution in [-0.4, -0.2) is 30.1 Å². The van der Waals surface area contributed by atoms with Gasteiger partial charge in [0.2, 0.25) is 0 Å². The summed E-state index contributed by atoms with van der Waals surface area (Å²) in [6, 6.07) is 12.5. The van der Waals surface area contributed by atoms with Crippen LogP contribution in [0.3, 0.4) is 0 Å². The first-order chi connectivity index (χ1) is 15.5. The molecule has 0 atom stereocenters. The van der Waals surface area contributed by atoms with Crippen LogP contribution in [0, 0.1) is 5.92 Å². The van der Waals surface area contributed by atoms with Crippen LogP contribution in [0.15, 0.2) is 46.9 Å². The van der Waals surface area contributed by atoms with E-state index in [1.165, 1.54) is 0 Å². The van der Waals surface area contributed by atoms with Gasteiger partial charge in [0.1, 0.15) is 11.5 Å². The van der Waals surface area contributed by atoms with Crippen molar-refractivity contribution >= 4 is 45.1 Å². The molecular weight excluding hydrogens is 506 g/mol. The van der Waals surface area contributed by atoms with Gasteiger partial charge in [0.05, 0.1) is 11.1 Å². The summed E-state index contributed by atoms with van der Waals surface area (Å²) in [7, 11) is 0. The number of rotatable bonds is 7. The second-order valence-corrected chi connectivity index (χ2v) is 10.1. The van der Waals surface area contributed by atoms with Crippen molar-refractivity contribution in [3.05, 3.63) is 58.1 Å². The highest BCUT2D eigenvalue weighted by molar-refractivity contribution is 9.10. The summed E-state index contributed by atoms with van der Waals surface area (Å²) in [5.41, 5.74) is 6.43. The van der Waals surface area contributed by atoms with Crippen LogP contribution < -0.4 is 25.6 Å². The highest BCUT2D eigenvalue weighted by Crippen LogP contribution is 2.31. The third-order valence-electron chi connectivity index (χ3n) is 4.38. The van der Waals surface area contributed by atoms with E-state index in [0.29, 0.717) is 29.6 Å². The predicted octanol–water partition coefficient (Wildman–Crippen LogP) is 4.50. The van der Waals surface area contributed by atoms with Crippen LogP contribution in [-0.2, 0) is 10.2 Å². The first-order valence-corrected chi connectivity index (χ1v) is 11.7. The largest absolute Gasteiger partial charge is 0.493 e. The van der Waals surface area contributed by atoms with Gasteiger partial charge in [0, 0.05) is 5.56 Å². The molecule has 0 saturated carbocycles. The number of hydrazine groups is 1. The third-order valence-corrected chi connectivity index (χ3v) is 5.20. The lowest BCUT2D eigenvalue weighted by molar-refractivity contribution is -0.123. The zero-order valence-electron chi connectivity index (χ0n) is 19.5. The average Bonchev–Trinajstić information content (AvgIpc) is 2.74. The highest BCUT2D eigenvalue weighted by Gasteiger charge is 2.16. The van der Waals surface area contributed by atoms with Gasteiger partial charge in [-0.3, -0.25) is 25.8 Å². The van der Waals surface area contributed by atoms with Crippen LogP contribution in [0.25, 0.3) is 0 Å². The monoisotopic (exact) mass is 535 g/mol. The molecule has 0 fully saturated rings. The molecular formula is C24H30BrN3O4S. The second-order valence-electron chi connectivity index (χ2n) is 8.87. The number of thiocarbonyl (C=S) groups is 1. The lowest BCUT2D eigenvalue weighted by Crippen LogP contribution is -2.49. The molecule has 0 aromatic heterocycles. The average molecular weight is 536 g/mol. The summed E-state index contributed by atoms with van der Waals surface area (Å²) in [4.78, 5) is 24.5. The molecule has 178 valence electrons. The van der Waals surface area contributed by atoms with Crippen molar-refractivity contribution in [2.45, 2.75) is 40.0 Å². The van der Waals surface area contributed by atoms with Gasteiger partial charge in [0.25, 0.3) is 11.8 Å². The number of carbonyl (C=O) groups excluding carboxylic acids is 2. The van der Waals surface area contributed by atoms with Crippen LogP contribution >= 0.6 is 28.1 Å². The maximum atomic E-state index is 12.4. The summed E-state index contributed by atoms with van der Waals surface area (Å²) in [6.07, 6.45) is 0. The van der Waals surface area contributed by atoms with Gasteiger partial charge in [-0.15, -0.1) is 0 Å². The Kier molecular flexibility index (Phi) is 9.67. The Morgan fingerprint density at radius 3 is 2.42 bits per heavy atom. The zero-order valence-corrected chi connectivity index (χ0v) is 21.9. The van der Waals surface area contributed by atoms with Gasteiger partial charge >= 0.3 is 0 Å². The number of halogens is 1. The first-order valence-electron chi connectivity index (χ1n) is 10.5. The Hall–Kier alpha value is -2.65. The summed E-state index contributed by atoms with van der Waals surface area (Å²) in [6.45, 7) is 10.8. The Balaban J connectivity index is 1.80. The Morgan fingerprint density at radius 2 is 1.79 bits per heavy atom. The molecule has 0 saturated heterocycles. The second kappa shape index (κ2) is 12.0. The Bertz CT molecular complexity index is 1010. The molecule has 0 radical (unpaired) electrons. The quantitative estimate of drug-likeness (QED) is 0.357. The van der Waals surface area contributed by atoms with Gasteiger partial charge in [0.15, 0.2) is 11.7 Å². The summed E-state index contributed by atoms with van der Waals surface area (Å²) < 4.78 is 12.0. The molecule has 0 heterocycles. The molecule has 2 amide bonds. The van der Waals surface area contributed by atoms with Crippen molar-refractivity contribution in [2.24, 2.45) is 5.92 Å². The van der Waals surface area contributed by atoms with Crippen LogP contribution in [0.5, 0.6) is 11.5 Å². The van der Waals surface area contributed by atoms with E-state index in [4.69, 9.17) is 21.7 Å². The maximum absolute atomic E-state index is 12.4. The predicted molar refractivity (Wildman–Crippen MR) is 136 cm³/mol. The third kappa shape index (κ3) is 9.01. The smallest absolute Gasteiger partial charge is 0.276 e. The molecule has 0 unspecified atom stereocenters. The molecule has 0 aliphatic rings. The van der Waals surface area contributed by atoms with E-state index in [9.17, 15) is 9.59 Å². The highest BCUT2D eigenvalue weighted by atomic mass is 79.9. The molecule has 2 aromatic carbocycles. The van der Waals surface area contributed by atoms with E-state index in [2.05, 4.69) is 52.9 Å². The fourth-order valence-corrected chi connectivity index (χ4v) is 3.22. The standard InChI is InChI=1S/C24H30BrN3O4S/c1-15(2)13-31-18-8-6-7-16(11-18)22(30)26-23(33)28-27-21(29)14-32-20-10-9-17(12-19(20)25)24(3,4)5/h6-12,15H,13-14H2,1-5H3,(H,27,29)(H2,26,28,30,33). The fourth-order valence-electron chi connectivity index (χ4n) is 2.59. The first kappa shape index (κ1) is 26.6. The topological polar surface area (TPSA) is 88.7 Å². The maximum Gasteiger partial charge on any atom is 0.276 e. The van der Waals surface area contributed by atoms with Gasteiger partial charge in [-0.25, -0.2) is 0 Å². The van der Waals surface area contributed by atoms with Gasteiger partial charge in [-0.05, 0) is 75.4 Å². The van der Waals surface area contributed by atoms with Crippen molar-refractivity contribution < 1.29 is 19.1 Å². The molecule has 3 N–H and O–H groups in total. The number of ether oxygens (including phenoxy) is 2. The van der Waals surface area contributed by atoms with Crippen molar-refractivity contribution in [2.75, 3.05) is 13.2 Å². The van der Waals surface area contributed by atoms with Crippen molar-refractivity contribution in [3.8, 4) is 11.5 Å². The lowest BCUT2D eigenvalue weighted by atomic mass is 9.87. The van der Waals surface area contributed by atoms with E-state index in [0.717, 1.165) is 10.0 Å². The molecule has 2 rings (SSSR count). The summed E-state index contributed by atoms with van der Waals surface area (Å²) in [5.74, 6) is 0.644. The van der Waals surface area contributed by atoms with E-state index >= 15 is 0 Å². The Morgan fingerprint density at radius 1 is 1.06 bits per heavy atom. The van der Waals surface area contributed by atoms with E-state index in [1.54, 1.807) is 24.3 Å². The summed E-state index contributed by atoms with van der Waals surface area (Å²) >= 11 is 8.55. The fraction of sp³-hybridized carbons (Fsp3) is 0.375. The number of hydrogen-bond donors (Lipinski definition) is 3. The van der Waals surface area contributed by atoms with E-state index in [-0.39, 0.29) is 17.1 Å². The van der Waals surface area contributed by atoms with Crippen LogP contribution in [0.4, 0.5) is 0 Å². The SMILES string of the molecule is CC(C)COc1cccc(C(=O)NC(=S)NNC(=O)COc2ccc(C(C)(C)C)cc2Br)c1.